The van der Waals surface area contributed by atoms with Crippen LogP contribution in [0.1, 0.15) is 46.1 Å². The molecule has 118 valence electrons. The van der Waals surface area contributed by atoms with Gasteiger partial charge in [0, 0.05) is 29.4 Å². The lowest BCUT2D eigenvalue weighted by Gasteiger charge is -2.28. The molecule has 1 rings (SSSR count). The highest BCUT2D eigenvalue weighted by Gasteiger charge is 2.14. The summed E-state index contributed by atoms with van der Waals surface area (Å²) in [5.74, 6) is 1.33. The third-order valence-corrected chi connectivity index (χ3v) is 3.97. The molecule has 4 heteroatoms. The highest BCUT2D eigenvalue weighted by atomic mass is 35.5. The van der Waals surface area contributed by atoms with E-state index in [2.05, 4.69) is 32.6 Å². The van der Waals surface area contributed by atoms with Gasteiger partial charge in [-0.3, -0.25) is 0 Å². The highest BCUT2D eigenvalue weighted by Crippen LogP contribution is 2.26. The van der Waals surface area contributed by atoms with Gasteiger partial charge in [-0.15, -0.1) is 0 Å². The Balaban J connectivity index is 3.04. The van der Waals surface area contributed by atoms with E-state index in [1.54, 1.807) is 0 Å². The summed E-state index contributed by atoms with van der Waals surface area (Å²) >= 11 is 11.4. The molecule has 0 atom stereocenters. The number of thiocarbonyl (C=S) groups is 1. The number of nitrogens with zero attached hydrogens (tertiary/aromatic N) is 1. The van der Waals surface area contributed by atoms with Crippen LogP contribution in [0.15, 0.2) is 18.2 Å². The van der Waals surface area contributed by atoms with Gasteiger partial charge in [-0.2, -0.15) is 0 Å². The smallest absolute Gasteiger partial charge is 0.106 e. The van der Waals surface area contributed by atoms with E-state index >= 15 is 0 Å². The molecule has 1 aromatic carbocycles. The molecule has 0 bridgehead atoms. The van der Waals surface area contributed by atoms with Gasteiger partial charge in [-0.05, 0) is 42.9 Å². The van der Waals surface area contributed by atoms with E-state index in [1.807, 2.05) is 18.2 Å². The fraction of sp³-hybridized carbons (Fsp3) is 0.588. The molecule has 0 aliphatic carbocycles. The van der Waals surface area contributed by atoms with Crippen molar-refractivity contribution in [1.82, 2.24) is 0 Å². The van der Waals surface area contributed by atoms with Gasteiger partial charge in [0.25, 0.3) is 0 Å². The molecule has 0 radical (unpaired) electrons. The summed E-state index contributed by atoms with van der Waals surface area (Å²) in [6, 6.07) is 5.76. The third-order valence-electron chi connectivity index (χ3n) is 3.52. The van der Waals surface area contributed by atoms with Crippen LogP contribution < -0.4 is 10.6 Å². The van der Waals surface area contributed by atoms with Gasteiger partial charge >= 0.3 is 0 Å². The maximum absolute atomic E-state index is 6.18. The van der Waals surface area contributed by atoms with Crippen LogP contribution in [0, 0.1) is 11.8 Å². The van der Waals surface area contributed by atoms with Crippen LogP contribution in [0.25, 0.3) is 0 Å². The minimum absolute atomic E-state index is 0.431. The Hall–Kier alpha value is -0.800. The monoisotopic (exact) mass is 326 g/mol. The van der Waals surface area contributed by atoms with Crippen LogP contribution >= 0.6 is 23.8 Å². The van der Waals surface area contributed by atoms with Gasteiger partial charge in [0.1, 0.15) is 4.99 Å². The molecule has 0 aromatic heterocycles. The van der Waals surface area contributed by atoms with E-state index in [0.717, 1.165) is 42.2 Å². The second kappa shape index (κ2) is 8.60. The number of rotatable bonds is 8. The standard InChI is InChI=1S/C17H27ClN2S/c1-12(2)7-9-20(10-8-13(3)4)16-11-14(18)5-6-15(16)17(19)21/h5-6,11-13H,7-10H2,1-4H3,(H2,19,21). The normalized spacial score (nSPS) is 11.2. The molecule has 0 aliphatic heterocycles. The van der Waals surface area contributed by atoms with Gasteiger partial charge in [0.05, 0.1) is 0 Å². The topological polar surface area (TPSA) is 29.3 Å². The van der Waals surface area contributed by atoms with Crippen LogP contribution in [0.2, 0.25) is 5.02 Å². The van der Waals surface area contributed by atoms with E-state index in [-0.39, 0.29) is 0 Å². The summed E-state index contributed by atoms with van der Waals surface area (Å²) in [7, 11) is 0. The van der Waals surface area contributed by atoms with Crippen LogP contribution in [0.3, 0.4) is 0 Å². The summed E-state index contributed by atoms with van der Waals surface area (Å²) in [5, 5.41) is 0.726. The molecule has 0 unspecified atom stereocenters. The van der Waals surface area contributed by atoms with Crippen molar-refractivity contribution in [2.24, 2.45) is 17.6 Å². The molecular formula is C17H27ClN2S. The minimum atomic E-state index is 0.431. The van der Waals surface area contributed by atoms with Crippen LogP contribution in [-0.4, -0.2) is 18.1 Å². The molecule has 1 aromatic rings. The van der Waals surface area contributed by atoms with Gasteiger partial charge in [0.2, 0.25) is 0 Å². The maximum Gasteiger partial charge on any atom is 0.106 e. The first-order chi connectivity index (χ1) is 9.81. The second-order valence-corrected chi connectivity index (χ2v) is 7.25. The Morgan fingerprint density at radius 1 is 1.14 bits per heavy atom. The van der Waals surface area contributed by atoms with Crippen molar-refractivity contribution in [2.75, 3.05) is 18.0 Å². The molecule has 0 fully saturated rings. The maximum atomic E-state index is 6.18. The number of benzene rings is 1. The van der Waals surface area contributed by atoms with E-state index in [1.165, 1.54) is 0 Å². The first-order valence-electron chi connectivity index (χ1n) is 7.65. The Labute approximate surface area is 139 Å². The summed E-state index contributed by atoms with van der Waals surface area (Å²) in [5.41, 5.74) is 7.86. The highest BCUT2D eigenvalue weighted by molar-refractivity contribution is 7.80. The molecular weight excluding hydrogens is 300 g/mol. The van der Waals surface area contributed by atoms with Gasteiger partial charge < -0.3 is 10.6 Å². The van der Waals surface area contributed by atoms with Crippen molar-refractivity contribution in [3.8, 4) is 0 Å². The molecule has 0 spiro atoms. The number of hydrogen-bond acceptors (Lipinski definition) is 2. The molecule has 21 heavy (non-hydrogen) atoms. The van der Waals surface area contributed by atoms with Crippen molar-refractivity contribution >= 4 is 34.5 Å². The number of hydrogen-bond donors (Lipinski definition) is 1. The van der Waals surface area contributed by atoms with Gasteiger partial charge in [-0.1, -0.05) is 51.5 Å². The molecule has 0 saturated heterocycles. The van der Waals surface area contributed by atoms with Crippen molar-refractivity contribution < 1.29 is 0 Å². The molecule has 0 saturated carbocycles. The van der Waals surface area contributed by atoms with E-state index in [9.17, 15) is 0 Å². The lowest BCUT2D eigenvalue weighted by atomic mass is 10.1. The van der Waals surface area contributed by atoms with E-state index in [0.29, 0.717) is 16.8 Å². The lowest BCUT2D eigenvalue weighted by Crippen LogP contribution is -2.30. The van der Waals surface area contributed by atoms with Crippen molar-refractivity contribution in [1.29, 1.82) is 0 Å². The number of nitrogens with two attached hydrogens (primary N) is 1. The second-order valence-electron chi connectivity index (χ2n) is 6.38. The third kappa shape index (κ3) is 6.23. The van der Waals surface area contributed by atoms with Gasteiger partial charge in [-0.25, -0.2) is 0 Å². The Morgan fingerprint density at radius 3 is 2.10 bits per heavy atom. The number of anilines is 1. The first-order valence-corrected chi connectivity index (χ1v) is 8.44. The van der Waals surface area contributed by atoms with E-state index < -0.39 is 0 Å². The van der Waals surface area contributed by atoms with Crippen LogP contribution in [0.4, 0.5) is 5.69 Å². The quantitative estimate of drug-likeness (QED) is 0.691. The van der Waals surface area contributed by atoms with Crippen LogP contribution in [-0.2, 0) is 0 Å². The SMILES string of the molecule is CC(C)CCN(CCC(C)C)c1cc(Cl)ccc1C(N)=S. The zero-order valence-corrected chi connectivity index (χ0v) is 15.1. The van der Waals surface area contributed by atoms with Crippen molar-refractivity contribution in [2.45, 2.75) is 40.5 Å². The zero-order valence-electron chi connectivity index (χ0n) is 13.5. The summed E-state index contributed by atoms with van der Waals surface area (Å²) < 4.78 is 0. The molecule has 0 heterocycles. The lowest BCUT2D eigenvalue weighted by molar-refractivity contribution is 0.535. The largest absolute Gasteiger partial charge is 0.389 e. The summed E-state index contributed by atoms with van der Waals surface area (Å²) in [6.45, 7) is 11.0. The molecule has 0 amide bonds. The fourth-order valence-electron chi connectivity index (χ4n) is 2.16. The van der Waals surface area contributed by atoms with Crippen molar-refractivity contribution in [3.63, 3.8) is 0 Å². The first kappa shape index (κ1) is 18.2. The average molecular weight is 327 g/mol. The van der Waals surface area contributed by atoms with Crippen LogP contribution in [0.5, 0.6) is 0 Å². The summed E-state index contributed by atoms with van der Waals surface area (Å²) in [4.78, 5) is 2.81. The molecule has 2 nitrogen and oxygen atoms in total. The summed E-state index contributed by atoms with van der Waals surface area (Å²) in [6.07, 6.45) is 2.28. The predicted octanol–water partition coefficient (Wildman–Crippen LogP) is 4.87. The Morgan fingerprint density at radius 2 is 1.67 bits per heavy atom. The van der Waals surface area contributed by atoms with E-state index in [4.69, 9.17) is 29.6 Å². The Kier molecular flexibility index (Phi) is 7.47. The molecule has 0 aliphatic rings. The molecule has 2 N–H and O–H groups in total. The number of halogens is 1. The average Bonchev–Trinajstić information content (AvgIpc) is 2.37. The van der Waals surface area contributed by atoms with Crippen molar-refractivity contribution in [3.05, 3.63) is 28.8 Å². The zero-order chi connectivity index (χ0) is 16.0. The minimum Gasteiger partial charge on any atom is -0.389 e. The fourth-order valence-corrected chi connectivity index (χ4v) is 2.49. The van der Waals surface area contributed by atoms with Gasteiger partial charge in [0.15, 0.2) is 0 Å². The predicted molar refractivity (Wildman–Crippen MR) is 98.5 cm³/mol. The Bertz CT molecular complexity index is 460.